The minimum absolute atomic E-state index is 0.0259. The molecule has 1 fully saturated rings. The van der Waals surface area contributed by atoms with Gasteiger partial charge in [-0.1, -0.05) is 0 Å². The molecular weight excluding hydrogens is 418 g/mol. The van der Waals surface area contributed by atoms with Crippen molar-refractivity contribution in [3.63, 3.8) is 0 Å². The number of sulfone groups is 1. The van der Waals surface area contributed by atoms with E-state index >= 15 is 0 Å². The van der Waals surface area contributed by atoms with Crippen molar-refractivity contribution in [1.82, 2.24) is 14.8 Å². The lowest BCUT2D eigenvalue weighted by atomic mass is 9.99. The number of fused-ring (bicyclic) bond motifs is 2. The lowest BCUT2D eigenvalue weighted by Gasteiger charge is -2.12. The van der Waals surface area contributed by atoms with Crippen LogP contribution < -0.4 is 4.74 Å². The number of nitrogens with zero attached hydrogens (tertiary/aromatic N) is 3. The van der Waals surface area contributed by atoms with E-state index < -0.39 is 15.8 Å². The second kappa shape index (κ2) is 7.33. The number of ether oxygens (including phenoxy) is 2. The fourth-order valence-corrected chi connectivity index (χ4v) is 6.36. The summed E-state index contributed by atoms with van der Waals surface area (Å²) < 4.78 is 36.4. The molecule has 9 heteroatoms. The summed E-state index contributed by atoms with van der Waals surface area (Å²) in [5.41, 5.74) is 4.23. The Balaban J connectivity index is 1.81. The molecule has 1 aromatic carbocycles. The fraction of sp³-hybridized carbons (Fsp3) is 0.409. The highest BCUT2D eigenvalue weighted by Gasteiger charge is 2.35. The van der Waals surface area contributed by atoms with Crippen molar-refractivity contribution < 1.29 is 22.7 Å². The van der Waals surface area contributed by atoms with Crippen molar-refractivity contribution in [2.45, 2.75) is 31.7 Å². The van der Waals surface area contributed by atoms with E-state index in [9.17, 15) is 13.2 Å². The average Bonchev–Trinajstić information content (AvgIpc) is 3.48. The number of methoxy groups -OCH3 is 2. The van der Waals surface area contributed by atoms with Gasteiger partial charge in [0.2, 0.25) is 0 Å². The van der Waals surface area contributed by atoms with Crippen molar-refractivity contribution in [1.29, 1.82) is 0 Å². The quantitative estimate of drug-likeness (QED) is 0.574. The van der Waals surface area contributed by atoms with Gasteiger partial charge in [0.25, 0.3) is 0 Å². The van der Waals surface area contributed by atoms with E-state index in [0.29, 0.717) is 34.5 Å². The zero-order valence-corrected chi connectivity index (χ0v) is 18.2. The maximum atomic E-state index is 12.9. The average molecular weight is 442 g/mol. The van der Waals surface area contributed by atoms with Gasteiger partial charge in [-0.25, -0.2) is 22.9 Å². The van der Waals surface area contributed by atoms with Crippen molar-refractivity contribution in [2.24, 2.45) is 0 Å². The lowest BCUT2D eigenvalue weighted by Crippen LogP contribution is -2.14. The topological polar surface area (TPSA) is 100 Å². The second-order valence-corrected chi connectivity index (χ2v) is 10.3. The minimum Gasteiger partial charge on any atom is -0.497 e. The highest BCUT2D eigenvalue weighted by atomic mass is 32.2. The number of hydrogen-bond acceptors (Lipinski definition) is 7. The molecule has 0 N–H and O–H groups in total. The van der Waals surface area contributed by atoms with Crippen LogP contribution in [0.2, 0.25) is 0 Å². The smallest absolute Gasteiger partial charge is 0.339 e. The maximum absolute atomic E-state index is 12.9. The van der Waals surface area contributed by atoms with Crippen LogP contribution in [0.4, 0.5) is 0 Å². The second-order valence-electron chi connectivity index (χ2n) is 8.03. The largest absolute Gasteiger partial charge is 0.497 e. The molecule has 0 radical (unpaired) electrons. The number of hydrogen-bond donors (Lipinski definition) is 0. The van der Waals surface area contributed by atoms with E-state index in [1.54, 1.807) is 11.8 Å². The highest BCUT2D eigenvalue weighted by Crippen LogP contribution is 2.39. The molecule has 1 aliphatic carbocycles. The molecule has 0 spiro atoms. The minimum atomic E-state index is -3.12. The summed E-state index contributed by atoms with van der Waals surface area (Å²) in [5, 5.41) is 5.45. The Hall–Kier alpha value is -2.94. The summed E-state index contributed by atoms with van der Waals surface area (Å²) in [4.78, 5) is 17.8. The van der Waals surface area contributed by atoms with Crippen molar-refractivity contribution in [3.8, 4) is 17.0 Å². The van der Waals surface area contributed by atoms with Crippen LogP contribution >= 0.6 is 0 Å². The molecule has 31 heavy (non-hydrogen) atoms. The van der Waals surface area contributed by atoms with Crippen molar-refractivity contribution >= 4 is 26.8 Å². The van der Waals surface area contributed by atoms with Gasteiger partial charge in [0.05, 0.1) is 42.7 Å². The van der Waals surface area contributed by atoms with Gasteiger partial charge in [-0.15, -0.1) is 0 Å². The molecule has 3 heterocycles. The maximum Gasteiger partial charge on any atom is 0.339 e. The van der Waals surface area contributed by atoms with E-state index in [-0.39, 0.29) is 17.5 Å². The van der Waals surface area contributed by atoms with E-state index in [1.807, 2.05) is 24.3 Å². The van der Waals surface area contributed by atoms with E-state index in [1.165, 1.54) is 7.11 Å². The first kappa shape index (κ1) is 20.0. The predicted molar refractivity (Wildman–Crippen MR) is 115 cm³/mol. The Kier molecular flexibility index (Phi) is 4.73. The van der Waals surface area contributed by atoms with Crippen molar-refractivity contribution in [3.05, 3.63) is 41.1 Å². The van der Waals surface area contributed by atoms with Crippen LogP contribution in [0, 0.1) is 0 Å². The Bertz CT molecular complexity index is 1300. The number of carbonyl (C=O) groups is 1. The van der Waals surface area contributed by atoms with E-state index in [2.05, 4.69) is 0 Å². The summed E-state index contributed by atoms with van der Waals surface area (Å²) >= 11 is 0. The summed E-state index contributed by atoms with van der Waals surface area (Å²) in [6, 6.07) is 7.12. The zero-order valence-electron chi connectivity index (χ0n) is 17.4. The standard InChI is InChI=1S/C22H23N3O5S/c1-29-15-8-6-13(7-9-15)20-19-18(22(26)30-2)16-4-3-5-17(16)23-21(19)25(24-20)14-10-11-31(27,28)12-14/h6-9,14H,3-5,10-12H2,1-2H3/t14-/m0/s1. The molecule has 1 saturated heterocycles. The number of pyridine rings is 1. The molecule has 2 aromatic heterocycles. The van der Waals surface area contributed by atoms with Crippen LogP contribution in [0.5, 0.6) is 5.75 Å². The van der Waals surface area contributed by atoms with Gasteiger partial charge in [0.15, 0.2) is 15.5 Å². The van der Waals surface area contributed by atoms with Crippen LogP contribution in [0.25, 0.3) is 22.3 Å². The van der Waals surface area contributed by atoms with Gasteiger partial charge in [0.1, 0.15) is 11.4 Å². The molecular formula is C22H23N3O5S. The Morgan fingerprint density at radius 1 is 1.16 bits per heavy atom. The third-order valence-corrected chi connectivity index (χ3v) is 7.92. The Labute approximate surface area is 180 Å². The SMILES string of the molecule is COC(=O)c1c2c(nc3c1c(-c1ccc(OC)cc1)nn3[C@H]1CCS(=O)(=O)C1)CCC2. The lowest BCUT2D eigenvalue weighted by molar-refractivity contribution is 0.0601. The molecule has 8 nitrogen and oxygen atoms in total. The normalized spacial score (nSPS) is 19.5. The van der Waals surface area contributed by atoms with Gasteiger partial charge in [-0.3, -0.25) is 0 Å². The fourth-order valence-electron chi connectivity index (χ4n) is 4.66. The highest BCUT2D eigenvalue weighted by molar-refractivity contribution is 7.91. The predicted octanol–water partition coefficient (Wildman–Crippen LogP) is 2.74. The van der Waals surface area contributed by atoms with Gasteiger partial charge in [-0.05, 0) is 55.5 Å². The number of aromatic nitrogens is 3. The van der Waals surface area contributed by atoms with Gasteiger partial charge in [0, 0.05) is 11.3 Å². The molecule has 3 aromatic rings. The van der Waals surface area contributed by atoms with Crippen LogP contribution in [0.3, 0.4) is 0 Å². The summed E-state index contributed by atoms with van der Waals surface area (Å²) in [6.45, 7) is 0. The first-order valence-corrected chi connectivity index (χ1v) is 12.1. The molecule has 2 aliphatic rings. The molecule has 0 unspecified atom stereocenters. The molecule has 0 amide bonds. The molecule has 0 saturated carbocycles. The Morgan fingerprint density at radius 3 is 2.58 bits per heavy atom. The van der Waals surface area contributed by atoms with E-state index in [0.717, 1.165) is 36.1 Å². The van der Waals surface area contributed by atoms with Crippen LogP contribution in [0.1, 0.15) is 40.5 Å². The third-order valence-electron chi connectivity index (χ3n) is 6.17. The number of benzene rings is 1. The summed E-state index contributed by atoms with van der Waals surface area (Å²) in [5.74, 6) is 0.449. The van der Waals surface area contributed by atoms with Gasteiger partial charge >= 0.3 is 5.97 Å². The number of aryl methyl sites for hydroxylation is 1. The first-order chi connectivity index (χ1) is 14.9. The Morgan fingerprint density at radius 2 is 1.94 bits per heavy atom. The summed E-state index contributed by atoms with van der Waals surface area (Å²) in [6.07, 6.45) is 2.94. The molecule has 162 valence electrons. The van der Waals surface area contributed by atoms with Gasteiger partial charge < -0.3 is 9.47 Å². The number of carbonyl (C=O) groups excluding carboxylic acids is 1. The van der Waals surface area contributed by atoms with Crippen LogP contribution in [-0.2, 0) is 27.4 Å². The van der Waals surface area contributed by atoms with Crippen LogP contribution in [-0.4, -0.2) is 54.9 Å². The zero-order chi connectivity index (χ0) is 21.8. The molecule has 0 bridgehead atoms. The number of rotatable bonds is 4. The van der Waals surface area contributed by atoms with Crippen LogP contribution in [0.15, 0.2) is 24.3 Å². The van der Waals surface area contributed by atoms with Crippen molar-refractivity contribution in [2.75, 3.05) is 25.7 Å². The molecule has 5 rings (SSSR count). The third kappa shape index (κ3) is 3.27. The summed E-state index contributed by atoms with van der Waals surface area (Å²) in [7, 11) is -0.145. The molecule has 1 aliphatic heterocycles. The first-order valence-electron chi connectivity index (χ1n) is 10.3. The van der Waals surface area contributed by atoms with E-state index in [4.69, 9.17) is 19.6 Å². The number of esters is 1. The monoisotopic (exact) mass is 441 g/mol. The van der Waals surface area contributed by atoms with Gasteiger partial charge in [-0.2, -0.15) is 5.10 Å². The molecule has 1 atom stereocenters.